The average molecular weight is 225 g/mol. The van der Waals surface area contributed by atoms with Crippen LogP contribution in [0.4, 0.5) is 0 Å². The Morgan fingerprint density at radius 3 is 2.38 bits per heavy atom. The monoisotopic (exact) mass is 225 g/mol. The van der Waals surface area contributed by atoms with Crippen LogP contribution in [-0.2, 0) is 0 Å². The molecule has 0 heterocycles. The lowest BCUT2D eigenvalue weighted by Crippen LogP contribution is -2.37. The van der Waals surface area contributed by atoms with E-state index in [1.54, 1.807) is 0 Å². The number of hydrogen-bond acceptors (Lipinski definition) is 1. The zero-order chi connectivity index (χ0) is 11.8. The number of rotatable bonds is 8. The molecule has 1 fully saturated rings. The van der Waals surface area contributed by atoms with E-state index in [9.17, 15) is 0 Å². The fourth-order valence-electron chi connectivity index (χ4n) is 3.18. The molecular weight excluding hydrogens is 194 g/mol. The van der Waals surface area contributed by atoms with Crippen molar-refractivity contribution in [1.82, 2.24) is 5.32 Å². The second-order valence-corrected chi connectivity index (χ2v) is 5.73. The molecule has 0 aromatic carbocycles. The normalized spacial score (nSPS) is 21.2. The fourth-order valence-corrected chi connectivity index (χ4v) is 3.18. The van der Waals surface area contributed by atoms with Crippen LogP contribution in [0, 0.1) is 11.8 Å². The lowest BCUT2D eigenvalue weighted by Gasteiger charge is -2.27. The maximum atomic E-state index is 3.80. The maximum Gasteiger partial charge on any atom is 0.00978 e. The van der Waals surface area contributed by atoms with E-state index in [0.29, 0.717) is 0 Å². The van der Waals surface area contributed by atoms with E-state index in [1.165, 1.54) is 57.9 Å². The van der Waals surface area contributed by atoms with Crippen LogP contribution in [-0.4, -0.2) is 12.6 Å². The van der Waals surface area contributed by atoms with Gasteiger partial charge in [0.25, 0.3) is 0 Å². The van der Waals surface area contributed by atoms with Crippen molar-refractivity contribution in [1.29, 1.82) is 0 Å². The molecule has 0 bridgehead atoms. The Bertz CT molecular complexity index is 161. The van der Waals surface area contributed by atoms with Crippen molar-refractivity contribution in [2.24, 2.45) is 11.8 Å². The largest absolute Gasteiger partial charge is 0.314 e. The molecule has 2 atom stereocenters. The number of hydrogen-bond donors (Lipinski definition) is 1. The van der Waals surface area contributed by atoms with Crippen molar-refractivity contribution in [3.63, 3.8) is 0 Å². The summed E-state index contributed by atoms with van der Waals surface area (Å²) in [4.78, 5) is 0. The first-order valence-corrected chi connectivity index (χ1v) is 7.51. The summed E-state index contributed by atoms with van der Waals surface area (Å²) in [7, 11) is 0. The first-order valence-electron chi connectivity index (χ1n) is 7.51. The summed E-state index contributed by atoms with van der Waals surface area (Å²) >= 11 is 0. The van der Waals surface area contributed by atoms with Gasteiger partial charge in [0.2, 0.25) is 0 Å². The van der Waals surface area contributed by atoms with E-state index in [1.807, 2.05) is 0 Å². The minimum atomic E-state index is 0.809. The van der Waals surface area contributed by atoms with Crippen LogP contribution < -0.4 is 5.32 Å². The zero-order valence-electron chi connectivity index (χ0n) is 11.6. The molecule has 2 unspecified atom stereocenters. The third-order valence-corrected chi connectivity index (χ3v) is 4.06. The molecule has 0 amide bonds. The molecule has 1 heteroatoms. The summed E-state index contributed by atoms with van der Waals surface area (Å²) < 4.78 is 0. The summed E-state index contributed by atoms with van der Waals surface area (Å²) in [6.45, 7) is 8.22. The van der Waals surface area contributed by atoms with Crippen molar-refractivity contribution in [3.8, 4) is 0 Å². The van der Waals surface area contributed by atoms with Crippen molar-refractivity contribution in [2.75, 3.05) is 6.54 Å². The van der Waals surface area contributed by atoms with Gasteiger partial charge in [0.1, 0.15) is 0 Å². The van der Waals surface area contributed by atoms with Gasteiger partial charge in [-0.2, -0.15) is 0 Å². The van der Waals surface area contributed by atoms with E-state index >= 15 is 0 Å². The Labute approximate surface area is 102 Å². The van der Waals surface area contributed by atoms with Gasteiger partial charge in [-0.25, -0.2) is 0 Å². The van der Waals surface area contributed by atoms with Gasteiger partial charge in [0.15, 0.2) is 0 Å². The Morgan fingerprint density at radius 1 is 1.12 bits per heavy atom. The summed E-state index contributed by atoms with van der Waals surface area (Å²) in [6.07, 6.45) is 11.3. The van der Waals surface area contributed by atoms with Crippen LogP contribution in [0.15, 0.2) is 0 Å². The Kier molecular flexibility index (Phi) is 7.11. The summed E-state index contributed by atoms with van der Waals surface area (Å²) in [6, 6.07) is 0.809. The molecule has 0 aromatic rings. The maximum absolute atomic E-state index is 3.80. The van der Waals surface area contributed by atoms with Crippen molar-refractivity contribution < 1.29 is 0 Å². The Hall–Kier alpha value is -0.0400. The van der Waals surface area contributed by atoms with Crippen molar-refractivity contribution in [2.45, 2.75) is 78.2 Å². The lowest BCUT2D eigenvalue weighted by molar-refractivity contribution is 0.294. The van der Waals surface area contributed by atoms with Crippen LogP contribution in [0.3, 0.4) is 0 Å². The molecule has 1 rings (SSSR count). The molecule has 0 saturated heterocycles. The summed E-state index contributed by atoms with van der Waals surface area (Å²) in [5.41, 5.74) is 0. The van der Waals surface area contributed by atoms with Crippen LogP contribution >= 0.6 is 0 Å². The van der Waals surface area contributed by atoms with Crippen LogP contribution in [0.5, 0.6) is 0 Å². The zero-order valence-corrected chi connectivity index (χ0v) is 11.6. The highest BCUT2D eigenvalue weighted by atomic mass is 14.9. The molecular formula is C15H31N. The second kappa shape index (κ2) is 8.11. The highest BCUT2D eigenvalue weighted by Gasteiger charge is 2.25. The molecule has 1 aliphatic rings. The average Bonchev–Trinajstić information content (AvgIpc) is 2.77. The molecule has 96 valence electrons. The van der Waals surface area contributed by atoms with Gasteiger partial charge in [-0.1, -0.05) is 46.5 Å². The third-order valence-electron chi connectivity index (χ3n) is 4.06. The lowest BCUT2D eigenvalue weighted by atomic mass is 9.88. The fraction of sp³-hybridized carbons (Fsp3) is 1.00. The predicted molar refractivity (Wildman–Crippen MR) is 72.7 cm³/mol. The molecule has 0 spiro atoms. The smallest absolute Gasteiger partial charge is 0.00978 e. The highest BCUT2D eigenvalue weighted by Crippen LogP contribution is 2.31. The minimum absolute atomic E-state index is 0.809. The summed E-state index contributed by atoms with van der Waals surface area (Å²) in [5, 5.41) is 3.80. The van der Waals surface area contributed by atoms with E-state index < -0.39 is 0 Å². The first kappa shape index (κ1) is 14.0. The van der Waals surface area contributed by atoms with Crippen molar-refractivity contribution in [3.05, 3.63) is 0 Å². The van der Waals surface area contributed by atoms with E-state index in [4.69, 9.17) is 0 Å². The Morgan fingerprint density at radius 2 is 1.81 bits per heavy atom. The quantitative estimate of drug-likeness (QED) is 0.647. The van der Waals surface area contributed by atoms with Gasteiger partial charge in [-0.05, 0) is 44.1 Å². The van der Waals surface area contributed by atoms with Gasteiger partial charge in [-0.15, -0.1) is 0 Å². The molecule has 1 aliphatic carbocycles. The molecule has 1 N–H and O–H groups in total. The molecule has 1 saturated carbocycles. The van der Waals surface area contributed by atoms with Crippen LogP contribution in [0.25, 0.3) is 0 Å². The van der Waals surface area contributed by atoms with Gasteiger partial charge in [0.05, 0.1) is 0 Å². The van der Waals surface area contributed by atoms with Gasteiger partial charge in [-0.3, -0.25) is 0 Å². The van der Waals surface area contributed by atoms with Gasteiger partial charge in [0, 0.05) is 6.04 Å². The van der Waals surface area contributed by atoms with Crippen LogP contribution in [0.2, 0.25) is 0 Å². The highest BCUT2D eigenvalue weighted by molar-refractivity contribution is 4.81. The van der Waals surface area contributed by atoms with E-state index in [-0.39, 0.29) is 0 Å². The van der Waals surface area contributed by atoms with E-state index in [0.717, 1.165) is 17.9 Å². The topological polar surface area (TPSA) is 12.0 Å². The Balaban J connectivity index is 2.35. The van der Waals surface area contributed by atoms with Crippen LogP contribution in [0.1, 0.15) is 72.1 Å². The molecule has 0 aromatic heterocycles. The second-order valence-electron chi connectivity index (χ2n) is 5.73. The summed E-state index contributed by atoms with van der Waals surface area (Å²) in [5.74, 6) is 1.88. The molecule has 0 aliphatic heterocycles. The molecule has 16 heavy (non-hydrogen) atoms. The van der Waals surface area contributed by atoms with Gasteiger partial charge >= 0.3 is 0 Å². The predicted octanol–water partition coefficient (Wildman–Crippen LogP) is 4.37. The molecule has 1 nitrogen and oxygen atoms in total. The van der Waals surface area contributed by atoms with Gasteiger partial charge < -0.3 is 5.32 Å². The standard InChI is InChI=1S/C15H31N/c1-4-8-13(3)12-15(16-11-5-2)14-9-6-7-10-14/h13-16H,4-12H2,1-3H3. The van der Waals surface area contributed by atoms with E-state index in [2.05, 4.69) is 26.1 Å². The third kappa shape index (κ3) is 4.86. The van der Waals surface area contributed by atoms with Crippen molar-refractivity contribution >= 4 is 0 Å². The first-order chi connectivity index (χ1) is 7.77. The number of nitrogens with one attached hydrogen (secondary N) is 1. The minimum Gasteiger partial charge on any atom is -0.314 e. The SMILES string of the molecule is CCCNC(CC(C)CCC)C1CCCC1. The molecule has 0 radical (unpaired) electrons.